The number of nitrogens with zero attached hydrogens (tertiary/aromatic N) is 1. The summed E-state index contributed by atoms with van der Waals surface area (Å²) in [5.74, 6) is -0.465. The smallest absolute Gasteiger partial charge is 0.238 e. The van der Waals surface area contributed by atoms with E-state index in [9.17, 15) is 9.18 Å². The third kappa shape index (κ3) is 5.25. The van der Waals surface area contributed by atoms with Crippen molar-refractivity contribution in [1.82, 2.24) is 4.90 Å². The lowest BCUT2D eigenvalue weighted by atomic mass is 10.3. The van der Waals surface area contributed by atoms with E-state index in [0.29, 0.717) is 18.7 Å². The second-order valence-electron chi connectivity index (χ2n) is 4.00. The van der Waals surface area contributed by atoms with E-state index in [0.717, 1.165) is 6.54 Å². The van der Waals surface area contributed by atoms with Gasteiger partial charge in [0.15, 0.2) is 0 Å². The first-order chi connectivity index (χ1) is 8.65. The van der Waals surface area contributed by atoms with Gasteiger partial charge in [-0.3, -0.25) is 9.69 Å². The summed E-state index contributed by atoms with van der Waals surface area (Å²) < 4.78 is 12.7. The molecule has 0 aromatic heterocycles. The molecule has 0 unspecified atom stereocenters. The van der Waals surface area contributed by atoms with Gasteiger partial charge in [0, 0.05) is 18.8 Å². The highest BCUT2D eigenvalue weighted by molar-refractivity contribution is 5.92. The molecule has 1 amide bonds. The summed E-state index contributed by atoms with van der Waals surface area (Å²) in [6, 6.07) is 5.66. The number of rotatable bonds is 7. The molecule has 0 saturated heterocycles. The van der Waals surface area contributed by atoms with Crippen molar-refractivity contribution in [3.8, 4) is 0 Å². The standard InChI is InChI=1S/C13H19FN2O2/c1-2-16(8-3-9-17)10-13(18)15-12-6-4-11(14)5-7-12/h4-7,17H,2-3,8-10H2,1H3,(H,15,18). The summed E-state index contributed by atoms with van der Waals surface area (Å²) in [4.78, 5) is 13.7. The molecule has 100 valence electrons. The Labute approximate surface area is 106 Å². The van der Waals surface area contributed by atoms with Gasteiger partial charge in [-0.2, -0.15) is 0 Å². The molecule has 0 saturated carbocycles. The number of carbonyl (C=O) groups is 1. The Bertz CT molecular complexity index is 368. The van der Waals surface area contributed by atoms with Gasteiger partial charge in [-0.05, 0) is 37.2 Å². The topological polar surface area (TPSA) is 52.6 Å². The van der Waals surface area contributed by atoms with Gasteiger partial charge in [0.05, 0.1) is 6.54 Å². The first-order valence-electron chi connectivity index (χ1n) is 6.04. The van der Waals surface area contributed by atoms with Crippen molar-refractivity contribution in [2.45, 2.75) is 13.3 Å². The van der Waals surface area contributed by atoms with Gasteiger partial charge in [-0.1, -0.05) is 6.92 Å². The van der Waals surface area contributed by atoms with Crippen LogP contribution in [0.5, 0.6) is 0 Å². The molecule has 0 aliphatic carbocycles. The predicted octanol–water partition coefficient (Wildman–Crippen LogP) is 1.47. The number of likely N-dealkylation sites (N-methyl/N-ethyl adjacent to an activating group) is 1. The van der Waals surface area contributed by atoms with Gasteiger partial charge in [-0.25, -0.2) is 4.39 Å². The van der Waals surface area contributed by atoms with Gasteiger partial charge in [0.25, 0.3) is 0 Å². The molecular formula is C13H19FN2O2. The van der Waals surface area contributed by atoms with Crippen LogP contribution in [-0.2, 0) is 4.79 Å². The molecule has 0 spiro atoms. The molecule has 1 aromatic rings. The number of amides is 1. The number of nitrogens with one attached hydrogen (secondary N) is 1. The Balaban J connectivity index is 2.42. The lowest BCUT2D eigenvalue weighted by Crippen LogP contribution is -2.34. The fourth-order valence-corrected chi connectivity index (χ4v) is 1.58. The Morgan fingerprint density at radius 3 is 2.61 bits per heavy atom. The fourth-order valence-electron chi connectivity index (χ4n) is 1.58. The number of halogens is 1. The zero-order valence-corrected chi connectivity index (χ0v) is 10.5. The predicted molar refractivity (Wildman–Crippen MR) is 68.8 cm³/mol. The molecule has 0 bridgehead atoms. The second-order valence-corrected chi connectivity index (χ2v) is 4.00. The first-order valence-corrected chi connectivity index (χ1v) is 6.04. The first kappa shape index (κ1) is 14.6. The normalized spacial score (nSPS) is 10.7. The molecule has 0 heterocycles. The highest BCUT2D eigenvalue weighted by atomic mass is 19.1. The maximum absolute atomic E-state index is 12.7. The largest absolute Gasteiger partial charge is 0.396 e. The third-order valence-electron chi connectivity index (χ3n) is 2.57. The van der Waals surface area contributed by atoms with Crippen molar-refractivity contribution in [2.24, 2.45) is 0 Å². The summed E-state index contributed by atoms with van der Waals surface area (Å²) in [5, 5.41) is 11.4. The number of hydrogen-bond acceptors (Lipinski definition) is 3. The van der Waals surface area contributed by atoms with Gasteiger partial charge < -0.3 is 10.4 Å². The minimum Gasteiger partial charge on any atom is -0.396 e. The van der Waals surface area contributed by atoms with Crippen molar-refractivity contribution >= 4 is 11.6 Å². The van der Waals surface area contributed by atoms with Crippen molar-refractivity contribution in [3.63, 3.8) is 0 Å². The number of benzene rings is 1. The van der Waals surface area contributed by atoms with E-state index >= 15 is 0 Å². The molecular weight excluding hydrogens is 235 g/mol. The molecule has 1 rings (SSSR count). The zero-order valence-electron chi connectivity index (χ0n) is 10.5. The maximum atomic E-state index is 12.7. The summed E-state index contributed by atoms with van der Waals surface area (Å²) in [6.45, 7) is 3.78. The monoisotopic (exact) mass is 254 g/mol. The number of aliphatic hydroxyl groups excluding tert-OH is 1. The van der Waals surface area contributed by atoms with Crippen LogP contribution < -0.4 is 5.32 Å². The molecule has 0 aliphatic rings. The van der Waals surface area contributed by atoms with Crippen LogP contribution >= 0.6 is 0 Å². The van der Waals surface area contributed by atoms with E-state index in [-0.39, 0.29) is 24.9 Å². The van der Waals surface area contributed by atoms with E-state index in [2.05, 4.69) is 5.32 Å². The van der Waals surface area contributed by atoms with E-state index in [4.69, 9.17) is 5.11 Å². The van der Waals surface area contributed by atoms with Gasteiger partial charge in [0.1, 0.15) is 5.82 Å². The van der Waals surface area contributed by atoms with E-state index < -0.39 is 0 Å². The van der Waals surface area contributed by atoms with Crippen molar-refractivity contribution < 1.29 is 14.3 Å². The van der Waals surface area contributed by atoms with E-state index in [1.807, 2.05) is 11.8 Å². The third-order valence-corrected chi connectivity index (χ3v) is 2.57. The molecule has 4 nitrogen and oxygen atoms in total. The van der Waals surface area contributed by atoms with Crippen molar-refractivity contribution in [3.05, 3.63) is 30.1 Å². The van der Waals surface area contributed by atoms with E-state index in [1.165, 1.54) is 24.3 Å². The summed E-state index contributed by atoms with van der Waals surface area (Å²) in [5.41, 5.74) is 0.583. The van der Waals surface area contributed by atoms with Crippen LogP contribution in [0.25, 0.3) is 0 Å². The van der Waals surface area contributed by atoms with E-state index in [1.54, 1.807) is 0 Å². The van der Waals surface area contributed by atoms with Crippen molar-refractivity contribution in [1.29, 1.82) is 0 Å². The lowest BCUT2D eigenvalue weighted by molar-refractivity contribution is -0.117. The van der Waals surface area contributed by atoms with Crippen LogP contribution in [0, 0.1) is 5.82 Å². The van der Waals surface area contributed by atoms with Gasteiger partial charge in [0.2, 0.25) is 5.91 Å². The highest BCUT2D eigenvalue weighted by Gasteiger charge is 2.08. The summed E-state index contributed by atoms with van der Waals surface area (Å²) >= 11 is 0. The summed E-state index contributed by atoms with van der Waals surface area (Å²) in [7, 11) is 0. The molecule has 2 N–H and O–H groups in total. The Kier molecular flexibility index (Phi) is 6.32. The Morgan fingerprint density at radius 1 is 1.39 bits per heavy atom. The van der Waals surface area contributed by atoms with Crippen LogP contribution in [0.15, 0.2) is 24.3 Å². The van der Waals surface area contributed by atoms with Gasteiger partial charge >= 0.3 is 0 Å². The maximum Gasteiger partial charge on any atom is 0.238 e. The number of carbonyl (C=O) groups excluding carboxylic acids is 1. The molecule has 0 atom stereocenters. The van der Waals surface area contributed by atoms with Gasteiger partial charge in [-0.15, -0.1) is 0 Å². The molecule has 0 fully saturated rings. The number of anilines is 1. The molecule has 0 aliphatic heterocycles. The Morgan fingerprint density at radius 2 is 2.06 bits per heavy atom. The van der Waals surface area contributed by atoms with Crippen LogP contribution in [0.1, 0.15) is 13.3 Å². The summed E-state index contributed by atoms with van der Waals surface area (Å²) in [6.07, 6.45) is 0.650. The Hall–Kier alpha value is -1.46. The lowest BCUT2D eigenvalue weighted by Gasteiger charge is -2.19. The minimum absolute atomic E-state index is 0.121. The zero-order chi connectivity index (χ0) is 13.4. The quantitative estimate of drug-likeness (QED) is 0.774. The molecule has 5 heteroatoms. The van der Waals surface area contributed by atoms with Crippen molar-refractivity contribution in [2.75, 3.05) is 31.6 Å². The van der Waals surface area contributed by atoms with Crippen LogP contribution in [0.3, 0.4) is 0 Å². The number of aliphatic hydroxyl groups is 1. The van der Waals surface area contributed by atoms with Crippen LogP contribution in [-0.4, -0.2) is 42.2 Å². The minimum atomic E-state index is -0.328. The fraction of sp³-hybridized carbons (Fsp3) is 0.462. The van der Waals surface area contributed by atoms with Crippen LogP contribution in [0.2, 0.25) is 0 Å². The average Bonchev–Trinajstić information content (AvgIpc) is 2.37. The molecule has 0 radical (unpaired) electrons. The number of hydrogen-bond donors (Lipinski definition) is 2. The molecule has 18 heavy (non-hydrogen) atoms. The molecule has 1 aromatic carbocycles. The second kappa shape index (κ2) is 7.79. The SMILES string of the molecule is CCN(CCCO)CC(=O)Nc1ccc(F)cc1. The van der Waals surface area contributed by atoms with Crippen LogP contribution in [0.4, 0.5) is 10.1 Å². The highest BCUT2D eigenvalue weighted by Crippen LogP contribution is 2.08. The average molecular weight is 254 g/mol.